The molecule has 1 atom stereocenters. The summed E-state index contributed by atoms with van der Waals surface area (Å²) in [6.45, 7) is 1.54. The van der Waals surface area contributed by atoms with E-state index in [0.717, 1.165) is 24.9 Å². The Bertz CT molecular complexity index is 713. The van der Waals surface area contributed by atoms with E-state index in [1.807, 2.05) is 12.3 Å². The first-order valence-corrected chi connectivity index (χ1v) is 8.68. The quantitative estimate of drug-likeness (QED) is 0.932. The number of nitrogens with one attached hydrogen (secondary N) is 1. The molecular weight excluding hydrogens is 272 g/mol. The van der Waals surface area contributed by atoms with E-state index in [-0.39, 0.29) is 5.92 Å². The normalized spacial score (nSPS) is 21.3. The standard InChI is InChI=1S/C15H18N2O2S/c18-20(19)6-4-13(11-20)9-17-8-12-1-2-15-10-16-5-3-14(15)7-12/h1-3,5,7,10,13,17H,4,6,8-9,11H2. The van der Waals surface area contributed by atoms with Crippen LogP contribution in [0, 0.1) is 5.92 Å². The van der Waals surface area contributed by atoms with Crippen molar-refractivity contribution in [2.24, 2.45) is 5.92 Å². The van der Waals surface area contributed by atoms with Crippen molar-refractivity contribution in [3.63, 3.8) is 0 Å². The van der Waals surface area contributed by atoms with Crippen LogP contribution in [0.1, 0.15) is 12.0 Å². The Morgan fingerprint density at radius 2 is 2.15 bits per heavy atom. The van der Waals surface area contributed by atoms with E-state index in [2.05, 4.69) is 28.5 Å². The van der Waals surface area contributed by atoms with Gasteiger partial charge in [0, 0.05) is 24.3 Å². The first-order chi connectivity index (χ1) is 9.62. The van der Waals surface area contributed by atoms with Gasteiger partial charge in [-0.15, -0.1) is 0 Å². The van der Waals surface area contributed by atoms with Gasteiger partial charge >= 0.3 is 0 Å². The monoisotopic (exact) mass is 290 g/mol. The molecule has 1 N–H and O–H groups in total. The van der Waals surface area contributed by atoms with Crippen molar-refractivity contribution in [1.29, 1.82) is 0 Å². The zero-order valence-corrected chi connectivity index (χ0v) is 12.1. The lowest BCUT2D eigenvalue weighted by Gasteiger charge is -2.10. The Balaban J connectivity index is 1.57. The molecule has 2 heterocycles. The minimum Gasteiger partial charge on any atom is -0.312 e. The first-order valence-electron chi connectivity index (χ1n) is 6.86. The smallest absolute Gasteiger partial charge is 0.150 e. The largest absolute Gasteiger partial charge is 0.312 e. The maximum absolute atomic E-state index is 11.4. The SMILES string of the molecule is O=S1(=O)CCC(CNCc2ccc3cnccc3c2)C1. The van der Waals surface area contributed by atoms with Crippen molar-refractivity contribution in [1.82, 2.24) is 10.3 Å². The van der Waals surface area contributed by atoms with E-state index < -0.39 is 9.84 Å². The van der Waals surface area contributed by atoms with Crippen LogP contribution in [0.15, 0.2) is 36.7 Å². The summed E-state index contributed by atoms with van der Waals surface area (Å²) in [6.07, 6.45) is 4.44. The topological polar surface area (TPSA) is 59.1 Å². The van der Waals surface area contributed by atoms with Crippen molar-refractivity contribution in [3.8, 4) is 0 Å². The molecule has 1 aliphatic rings. The van der Waals surface area contributed by atoms with Gasteiger partial charge in [-0.05, 0) is 42.0 Å². The van der Waals surface area contributed by atoms with Crippen LogP contribution in [0.5, 0.6) is 0 Å². The summed E-state index contributed by atoms with van der Waals surface area (Å²) in [5.74, 6) is 0.954. The fourth-order valence-electron chi connectivity index (χ4n) is 2.70. The van der Waals surface area contributed by atoms with Crippen LogP contribution in [0.3, 0.4) is 0 Å². The van der Waals surface area contributed by atoms with Gasteiger partial charge in [-0.1, -0.05) is 12.1 Å². The lowest BCUT2D eigenvalue weighted by molar-refractivity contribution is 0.521. The molecule has 0 saturated carbocycles. The number of rotatable bonds is 4. The molecule has 1 fully saturated rings. The fraction of sp³-hybridized carbons (Fsp3) is 0.400. The molecular formula is C15H18N2O2S. The lowest BCUT2D eigenvalue weighted by atomic mass is 10.1. The molecule has 20 heavy (non-hydrogen) atoms. The molecule has 1 aliphatic heterocycles. The number of nitrogens with zero attached hydrogens (tertiary/aromatic N) is 1. The lowest BCUT2D eigenvalue weighted by Crippen LogP contribution is -2.23. The molecule has 4 nitrogen and oxygen atoms in total. The van der Waals surface area contributed by atoms with E-state index in [1.54, 1.807) is 6.20 Å². The van der Waals surface area contributed by atoms with Crippen LogP contribution in [0.4, 0.5) is 0 Å². The van der Waals surface area contributed by atoms with Crippen molar-refractivity contribution >= 4 is 20.6 Å². The molecule has 2 aromatic rings. The summed E-state index contributed by atoms with van der Waals surface area (Å²) >= 11 is 0. The molecule has 1 aromatic carbocycles. The van der Waals surface area contributed by atoms with Gasteiger partial charge in [-0.3, -0.25) is 4.98 Å². The number of sulfone groups is 1. The van der Waals surface area contributed by atoms with Gasteiger partial charge in [0.25, 0.3) is 0 Å². The fourth-order valence-corrected chi connectivity index (χ4v) is 4.56. The van der Waals surface area contributed by atoms with Crippen molar-refractivity contribution < 1.29 is 8.42 Å². The number of benzene rings is 1. The van der Waals surface area contributed by atoms with E-state index in [4.69, 9.17) is 0 Å². The zero-order chi connectivity index (χ0) is 14.0. The Morgan fingerprint density at radius 1 is 1.25 bits per heavy atom. The Labute approximate surface area is 119 Å². The van der Waals surface area contributed by atoms with Crippen LogP contribution >= 0.6 is 0 Å². The highest BCUT2D eigenvalue weighted by Gasteiger charge is 2.27. The maximum Gasteiger partial charge on any atom is 0.150 e. The van der Waals surface area contributed by atoms with Crippen molar-refractivity contribution in [2.45, 2.75) is 13.0 Å². The number of hydrogen-bond donors (Lipinski definition) is 1. The average molecular weight is 290 g/mol. The van der Waals surface area contributed by atoms with E-state index in [9.17, 15) is 8.42 Å². The zero-order valence-electron chi connectivity index (χ0n) is 11.2. The molecule has 1 unspecified atom stereocenters. The first kappa shape index (κ1) is 13.5. The van der Waals surface area contributed by atoms with Crippen molar-refractivity contribution in [3.05, 3.63) is 42.2 Å². The van der Waals surface area contributed by atoms with E-state index >= 15 is 0 Å². The number of hydrogen-bond acceptors (Lipinski definition) is 4. The van der Waals surface area contributed by atoms with E-state index in [1.165, 1.54) is 10.9 Å². The van der Waals surface area contributed by atoms with Crippen LogP contribution in [0.25, 0.3) is 10.8 Å². The number of aromatic nitrogens is 1. The second kappa shape index (κ2) is 5.50. The molecule has 0 amide bonds. The molecule has 1 saturated heterocycles. The van der Waals surface area contributed by atoms with Crippen LogP contribution in [-0.4, -0.2) is 31.5 Å². The van der Waals surface area contributed by atoms with Gasteiger partial charge in [0.2, 0.25) is 0 Å². The molecule has 0 spiro atoms. The third-order valence-corrected chi connectivity index (χ3v) is 5.63. The molecule has 106 valence electrons. The predicted molar refractivity (Wildman–Crippen MR) is 80.2 cm³/mol. The van der Waals surface area contributed by atoms with Gasteiger partial charge in [-0.2, -0.15) is 0 Å². The van der Waals surface area contributed by atoms with Gasteiger partial charge in [0.05, 0.1) is 11.5 Å². The Kier molecular flexibility index (Phi) is 3.72. The highest BCUT2D eigenvalue weighted by Crippen LogP contribution is 2.18. The molecule has 0 aliphatic carbocycles. The molecule has 1 aromatic heterocycles. The Hall–Kier alpha value is -1.46. The van der Waals surface area contributed by atoms with E-state index in [0.29, 0.717) is 11.5 Å². The highest BCUT2D eigenvalue weighted by molar-refractivity contribution is 7.91. The van der Waals surface area contributed by atoms with Crippen LogP contribution in [0.2, 0.25) is 0 Å². The molecule has 0 radical (unpaired) electrons. The summed E-state index contributed by atoms with van der Waals surface area (Å²) in [5.41, 5.74) is 1.21. The number of pyridine rings is 1. The third-order valence-electron chi connectivity index (χ3n) is 3.79. The van der Waals surface area contributed by atoms with Gasteiger partial charge in [0.15, 0.2) is 9.84 Å². The number of fused-ring (bicyclic) bond motifs is 1. The summed E-state index contributed by atoms with van der Waals surface area (Å²) < 4.78 is 22.8. The minimum absolute atomic E-state index is 0.268. The van der Waals surface area contributed by atoms with Gasteiger partial charge in [-0.25, -0.2) is 8.42 Å². The molecule has 3 rings (SSSR count). The van der Waals surface area contributed by atoms with Gasteiger partial charge < -0.3 is 5.32 Å². The minimum atomic E-state index is -2.77. The summed E-state index contributed by atoms with van der Waals surface area (Å²) in [4.78, 5) is 4.10. The van der Waals surface area contributed by atoms with Crippen LogP contribution < -0.4 is 5.32 Å². The second-order valence-corrected chi connectivity index (χ2v) is 7.69. The maximum atomic E-state index is 11.4. The predicted octanol–water partition coefficient (Wildman–Crippen LogP) is 1.76. The third kappa shape index (κ3) is 3.16. The van der Waals surface area contributed by atoms with Crippen molar-refractivity contribution in [2.75, 3.05) is 18.1 Å². The van der Waals surface area contributed by atoms with Gasteiger partial charge in [0.1, 0.15) is 0 Å². The summed E-state index contributed by atoms with van der Waals surface area (Å²) in [6, 6.07) is 8.31. The Morgan fingerprint density at radius 3 is 2.95 bits per heavy atom. The molecule has 0 bridgehead atoms. The summed E-state index contributed by atoms with van der Waals surface area (Å²) in [5, 5.41) is 5.69. The highest BCUT2D eigenvalue weighted by atomic mass is 32.2. The molecule has 5 heteroatoms. The second-order valence-electron chi connectivity index (χ2n) is 5.46. The average Bonchev–Trinajstić information content (AvgIpc) is 2.78. The summed E-state index contributed by atoms with van der Waals surface area (Å²) in [7, 11) is -2.77. The van der Waals surface area contributed by atoms with Crippen LogP contribution in [-0.2, 0) is 16.4 Å².